The van der Waals surface area contributed by atoms with Crippen LogP contribution >= 0.6 is 0 Å². The van der Waals surface area contributed by atoms with Gasteiger partial charge in [-0.3, -0.25) is 0 Å². The van der Waals surface area contributed by atoms with Gasteiger partial charge in [-0.25, -0.2) is 4.79 Å². The first-order valence-electron chi connectivity index (χ1n) is 5.89. The topological polar surface area (TPSA) is 58.6 Å². The average molecular weight is 243 g/mol. The van der Waals surface area contributed by atoms with Gasteiger partial charge in [0.2, 0.25) is 0 Å². The van der Waals surface area contributed by atoms with Gasteiger partial charge in [-0.05, 0) is 16.8 Å². The number of phenols is 1. The first-order valence-corrected chi connectivity index (χ1v) is 5.89. The molecule has 1 amide bonds. The number of aromatic hydroxyl groups is 1. The molecule has 0 aliphatic carbocycles. The van der Waals surface area contributed by atoms with Gasteiger partial charge >= 0.3 is 6.09 Å². The minimum Gasteiger partial charge on any atom is -0.508 e. The second-order valence-electron chi connectivity index (χ2n) is 4.34. The van der Waals surface area contributed by atoms with Crippen molar-refractivity contribution in [3.8, 4) is 5.75 Å². The van der Waals surface area contributed by atoms with Crippen LogP contribution in [0.3, 0.4) is 0 Å². The van der Waals surface area contributed by atoms with Gasteiger partial charge in [-0.2, -0.15) is 0 Å². The Balaban J connectivity index is 2.14. The molecule has 4 heteroatoms. The van der Waals surface area contributed by atoms with Crippen LogP contribution in [0.1, 0.15) is 18.0 Å². The molecule has 2 N–H and O–H groups in total. The predicted molar refractivity (Wildman–Crippen MR) is 67.5 cm³/mol. The zero-order valence-corrected chi connectivity index (χ0v) is 9.72. The van der Waals surface area contributed by atoms with Crippen LogP contribution in [0.15, 0.2) is 36.4 Å². The monoisotopic (exact) mass is 243 g/mol. The molecule has 92 valence electrons. The molecule has 0 spiro atoms. The standard InChI is InChI=1S/C14H13NO3/c16-12-6-5-9-3-1-2-4-10(9)13(12)11-7-8-18-14(17)15-11/h1-6,11,16H,7-8H2,(H,15,17)/t11-/m0/s1. The molecule has 4 nitrogen and oxygen atoms in total. The molecule has 0 aromatic heterocycles. The van der Waals surface area contributed by atoms with Crippen LogP contribution in [0, 0.1) is 0 Å². The van der Waals surface area contributed by atoms with Crippen LogP contribution in [-0.2, 0) is 4.74 Å². The number of fused-ring (bicyclic) bond motifs is 1. The summed E-state index contributed by atoms with van der Waals surface area (Å²) in [6.07, 6.45) is 0.228. The molecule has 18 heavy (non-hydrogen) atoms. The molecule has 2 aromatic carbocycles. The van der Waals surface area contributed by atoms with Crippen molar-refractivity contribution in [3.05, 3.63) is 42.0 Å². The highest BCUT2D eigenvalue weighted by Gasteiger charge is 2.24. The first-order chi connectivity index (χ1) is 8.75. The van der Waals surface area contributed by atoms with Crippen molar-refractivity contribution in [2.75, 3.05) is 6.61 Å². The van der Waals surface area contributed by atoms with Crippen molar-refractivity contribution in [2.45, 2.75) is 12.5 Å². The second kappa shape index (κ2) is 4.22. The zero-order chi connectivity index (χ0) is 12.5. The highest BCUT2D eigenvalue weighted by Crippen LogP contribution is 2.34. The number of nitrogens with one attached hydrogen (secondary N) is 1. The largest absolute Gasteiger partial charge is 0.508 e. The molecule has 2 aromatic rings. The number of benzene rings is 2. The van der Waals surface area contributed by atoms with Gasteiger partial charge in [-0.15, -0.1) is 0 Å². The summed E-state index contributed by atoms with van der Waals surface area (Å²) in [7, 11) is 0. The Hall–Kier alpha value is -2.23. The normalized spacial score (nSPS) is 19.3. The van der Waals surface area contributed by atoms with E-state index in [4.69, 9.17) is 4.74 Å². The Kier molecular flexibility index (Phi) is 2.55. The van der Waals surface area contributed by atoms with Crippen molar-refractivity contribution in [3.63, 3.8) is 0 Å². The fourth-order valence-corrected chi connectivity index (χ4v) is 2.39. The van der Waals surface area contributed by atoms with Crippen molar-refractivity contribution in [2.24, 2.45) is 0 Å². The second-order valence-corrected chi connectivity index (χ2v) is 4.34. The van der Waals surface area contributed by atoms with E-state index in [-0.39, 0.29) is 11.8 Å². The van der Waals surface area contributed by atoms with E-state index in [0.29, 0.717) is 13.0 Å². The molecular weight excluding hydrogens is 230 g/mol. The summed E-state index contributed by atoms with van der Waals surface area (Å²) in [5.41, 5.74) is 0.768. The number of carbonyl (C=O) groups is 1. The molecule has 1 heterocycles. The number of hydrogen-bond donors (Lipinski definition) is 2. The van der Waals surface area contributed by atoms with Gasteiger partial charge in [0, 0.05) is 12.0 Å². The molecule has 0 radical (unpaired) electrons. The smallest absolute Gasteiger partial charge is 0.407 e. The van der Waals surface area contributed by atoms with Crippen LogP contribution in [-0.4, -0.2) is 17.8 Å². The van der Waals surface area contributed by atoms with Gasteiger partial charge in [0.05, 0.1) is 12.6 Å². The SMILES string of the molecule is O=C1N[C@H](c2c(O)ccc3ccccc23)CCO1. The fraction of sp³-hybridized carbons (Fsp3) is 0.214. The maximum absolute atomic E-state index is 11.3. The van der Waals surface area contributed by atoms with Crippen LogP contribution in [0.25, 0.3) is 10.8 Å². The van der Waals surface area contributed by atoms with Gasteiger partial charge < -0.3 is 15.2 Å². The van der Waals surface area contributed by atoms with E-state index in [1.807, 2.05) is 30.3 Å². The van der Waals surface area contributed by atoms with Gasteiger partial charge in [-0.1, -0.05) is 30.3 Å². The maximum Gasteiger partial charge on any atom is 0.407 e. The number of ether oxygens (including phenoxy) is 1. The van der Waals surface area contributed by atoms with Crippen LogP contribution in [0.2, 0.25) is 0 Å². The Bertz CT molecular complexity index is 609. The van der Waals surface area contributed by atoms with Crippen molar-refractivity contribution in [1.82, 2.24) is 5.32 Å². The quantitative estimate of drug-likeness (QED) is 0.809. The number of rotatable bonds is 1. The van der Waals surface area contributed by atoms with E-state index < -0.39 is 6.09 Å². The number of carbonyl (C=O) groups excluding carboxylic acids is 1. The third-order valence-electron chi connectivity index (χ3n) is 3.23. The van der Waals surface area contributed by atoms with Crippen LogP contribution in [0.4, 0.5) is 4.79 Å². The Morgan fingerprint density at radius 2 is 2.06 bits per heavy atom. The van der Waals surface area contributed by atoms with E-state index in [0.717, 1.165) is 16.3 Å². The Morgan fingerprint density at radius 3 is 2.89 bits per heavy atom. The first kappa shape index (κ1) is 10.9. The average Bonchev–Trinajstić information content (AvgIpc) is 2.38. The molecule has 1 atom stereocenters. The molecule has 1 aliphatic heterocycles. The van der Waals surface area contributed by atoms with Crippen LogP contribution < -0.4 is 5.32 Å². The lowest BCUT2D eigenvalue weighted by Crippen LogP contribution is -2.35. The molecule has 3 rings (SSSR count). The highest BCUT2D eigenvalue weighted by molar-refractivity contribution is 5.88. The molecule has 0 unspecified atom stereocenters. The molecule has 1 saturated heterocycles. The third-order valence-corrected chi connectivity index (χ3v) is 3.23. The summed E-state index contributed by atoms with van der Waals surface area (Å²) >= 11 is 0. The molecule has 1 fully saturated rings. The number of hydrogen-bond acceptors (Lipinski definition) is 3. The minimum atomic E-state index is -0.432. The van der Waals surface area contributed by atoms with E-state index in [1.165, 1.54) is 0 Å². The van der Waals surface area contributed by atoms with E-state index >= 15 is 0 Å². The number of amides is 1. The van der Waals surface area contributed by atoms with Crippen molar-refractivity contribution < 1.29 is 14.6 Å². The molecule has 0 saturated carbocycles. The molecule has 0 bridgehead atoms. The van der Waals surface area contributed by atoms with Crippen LogP contribution in [0.5, 0.6) is 5.75 Å². The Morgan fingerprint density at radius 1 is 1.22 bits per heavy atom. The van der Waals surface area contributed by atoms with Crippen molar-refractivity contribution in [1.29, 1.82) is 0 Å². The summed E-state index contributed by atoms with van der Waals surface area (Å²) in [6.45, 7) is 0.374. The van der Waals surface area contributed by atoms with Gasteiger partial charge in [0.25, 0.3) is 0 Å². The summed E-state index contributed by atoms with van der Waals surface area (Å²) in [6, 6.07) is 11.1. The zero-order valence-electron chi connectivity index (χ0n) is 9.72. The van der Waals surface area contributed by atoms with E-state index in [9.17, 15) is 9.90 Å². The third kappa shape index (κ3) is 1.76. The van der Waals surface area contributed by atoms with E-state index in [2.05, 4.69) is 5.32 Å². The highest BCUT2D eigenvalue weighted by atomic mass is 16.5. The van der Waals surface area contributed by atoms with Gasteiger partial charge in [0.1, 0.15) is 5.75 Å². The summed E-state index contributed by atoms with van der Waals surface area (Å²) in [5.74, 6) is 0.209. The molecule has 1 aliphatic rings. The minimum absolute atomic E-state index is 0.197. The lowest BCUT2D eigenvalue weighted by Gasteiger charge is -2.25. The van der Waals surface area contributed by atoms with E-state index in [1.54, 1.807) is 6.07 Å². The van der Waals surface area contributed by atoms with Crippen molar-refractivity contribution >= 4 is 16.9 Å². The summed E-state index contributed by atoms with van der Waals surface area (Å²) < 4.78 is 4.85. The van der Waals surface area contributed by atoms with Gasteiger partial charge in [0.15, 0.2) is 0 Å². The predicted octanol–water partition coefficient (Wildman–Crippen LogP) is 2.72. The number of phenolic OH excluding ortho intramolecular Hbond substituents is 1. The number of cyclic esters (lactones) is 1. The summed E-state index contributed by atoms with van der Waals surface area (Å²) in [5, 5.41) is 14.8. The maximum atomic E-state index is 11.3. The molecular formula is C14H13NO3. The number of alkyl carbamates (subject to hydrolysis) is 1. The fourth-order valence-electron chi connectivity index (χ4n) is 2.39. The lowest BCUT2D eigenvalue weighted by molar-refractivity contribution is 0.115. The summed E-state index contributed by atoms with van der Waals surface area (Å²) in [4.78, 5) is 11.3. The Labute approximate surface area is 104 Å². The lowest BCUT2D eigenvalue weighted by atomic mass is 9.95.